The molecule has 4 nitrogen and oxygen atoms in total. The van der Waals surface area contributed by atoms with Crippen molar-refractivity contribution in [3.05, 3.63) is 35.4 Å². The molecule has 2 rings (SSSR count). The van der Waals surface area contributed by atoms with E-state index in [4.69, 9.17) is 9.47 Å². The van der Waals surface area contributed by atoms with Crippen molar-refractivity contribution in [1.29, 1.82) is 0 Å². The summed E-state index contributed by atoms with van der Waals surface area (Å²) < 4.78 is 16.2. The maximum absolute atomic E-state index is 11.4. The molecule has 18 heavy (non-hydrogen) atoms. The van der Waals surface area contributed by atoms with Gasteiger partial charge in [-0.3, -0.25) is 0 Å². The Labute approximate surface area is 107 Å². The maximum Gasteiger partial charge on any atom is 0.337 e. The molecular weight excluding hydrogens is 232 g/mol. The molecule has 0 bridgehead atoms. The Hall–Kier alpha value is -1.39. The van der Waals surface area contributed by atoms with Gasteiger partial charge < -0.3 is 14.2 Å². The first-order chi connectivity index (χ1) is 8.72. The highest BCUT2D eigenvalue weighted by Gasteiger charge is 2.37. The van der Waals surface area contributed by atoms with Crippen molar-refractivity contribution in [2.24, 2.45) is 0 Å². The molecule has 0 saturated carbocycles. The number of methoxy groups -OCH3 is 1. The average molecular weight is 250 g/mol. The molecule has 1 heterocycles. The van der Waals surface area contributed by atoms with Crippen LogP contribution < -0.4 is 0 Å². The summed E-state index contributed by atoms with van der Waals surface area (Å²) in [7, 11) is 1.37. The van der Waals surface area contributed by atoms with Gasteiger partial charge in [-0.1, -0.05) is 25.5 Å². The lowest BCUT2D eigenvalue weighted by Crippen LogP contribution is -2.26. The summed E-state index contributed by atoms with van der Waals surface area (Å²) in [6.07, 6.45) is 1.78. The molecule has 0 N–H and O–H groups in total. The summed E-state index contributed by atoms with van der Waals surface area (Å²) >= 11 is 0. The molecule has 0 aromatic heterocycles. The van der Waals surface area contributed by atoms with Crippen LogP contribution in [0.4, 0.5) is 0 Å². The smallest absolute Gasteiger partial charge is 0.337 e. The lowest BCUT2D eigenvalue weighted by atomic mass is 9.99. The van der Waals surface area contributed by atoms with Crippen molar-refractivity contribution >= 4 is 5.97 Å². The third-order valence-corrected chi connectivity index (χ3v) is 3.08. The van der Waals surface area contributed by atoms with E-state index in [1.165, 1.54) is 7.11 Å². The van der Waals surface area contributed by atoms with Gasteiger partial charge in [0, 0.05) is 12.0 Å². The highest BCUT2D eigenvalue weighted by molar-refractivity contribution is 5.89. The molecule has 1 aliphatic heterocycles. The van der Waals surface area contributed by atoms with Gasteiger partial charge >= 0.3 is 5.97 Å². The van der Waals surface area contributed by atoms with Crippen molar-refractivity contribution in [1.82, 2.24) is 0 Å². The van der Waals surface area contributed by atoms with E-state index in [2.05, 4.69) is 11.7 Å². The van der Waals surface area contributed by atoms with E-state index >= 15 is 0 Å². The topological polar surface area (TPSA) is 44.8 Å². The molecule has 4 heteroatoms. The average Bonchev–Trinajstić information content (AvgIpc) is 2.88. The predicted octanol–water partition coefficient (Wildman–Crippen LogP) is 2.47. The number of carbonyl (C=O) groups excluding carboxylic acids is 1. The molecule has 1 aromatic carbocycles. The molecule has 1 saturated heterocycles. The van der Waals surface area contributed by atoms with E-state index in [1.807, 2.05) is 12.1 Å². The Bertz CT molecular complexity index is 404. The van der Waals surface area contributed by atoms with Crippen molar-refractivity contribution in [3.63, 3.8) is 0 Å². The van der Waals surface area contributed by atoms with Gasteiger partial charge in [0.1, 0.15) is 0 Å². The van der Waals surface area contributed by atoms with Crippen LogP contribution in [0.3, 0.4) is 0 Å². The van der Waals surface area contributed by atoms with E-state index in [-0.39, 0.29) is 5.97 Å². The molecule has 0 amide bonds. The summed E-state index contributed by atoms with van der Waals surface area (Å²) in [5.41, 5.74) is 1.49. The zero-order chi connectivity index (χ0) is 13.0. The van der Waals surface area contributed by atoms with Crippen LogP contribution in [0.15, 0.2) is 24.3 Å². The molecule has 0 radical (unpaired) electrons. The van der Waals surface area contributed by atoms with Crippen LogP contribution in [-0.2, 0) is 20.0 Å². The van der Waals surface area contributed by atoms with Crippen LogP contribution in [-0.4, -0.2) is 26.3 Å². The summed E-state index contributed by atoms with van der Waals surface area (Å²) in [5, 5.41) is 0. The van der Waals surface area contributed by atoms with E-state index in [0.29, 0.717) is 18.8 Å². The molecule has 0 spiro atoms. The second-order valence-corrected chi connectivity index (χ2v) is 4.27. The summed E-state index contributed by atoms with van der Waals surface area (Å²) in [6, 6.07) is 7.22. The minimum absolute atomic E-state index is 0.334. The first-order valence-electron chi connectivity index (χ1n) is 6.18. The van der Waals surface area contributed by atoms with Gasteiger partial charge in [0.15, 0.2) is 5.79 Å². The van der Waals surface area contributed by atoms with E-state index < -0.39 is 5.79 Å². The quantitative estimate of drug-likeness (QED) is 0.770. The zero-order valence-corrected chi connectivity index (χ0v) is 10.8. The van der Waals surface area contributed by atoms with Gasteiger partial charge in [0.05, 0.1) is 25.9 Å². The Morgan fingerprint density at radius 2 is 1.89 bits per heavy atom. The lowest BCUT2D eigenvalue weighted by molar-refractivity contribution is -0.170. The Morgan fingerprint density at radius 1 is 1.28 bits per heavy atom. The number of carbonyl (C=O) groups is 1. The number of benzene rings is 1. The first-order valence-corrected chi connectivity index (χ1v) is 6.18. The summed E-state index contributed by atoms with van der Waals surface area (Å²) in [4.78, 5) is 11.4. The number of hydrogen-bond donors (Lipinski definition) is 0. The predicted molar refractivity (Wildman–Crippen MR) is 66.3 cm³/mol. The van der Waals surface area contributed by atoms with Crippen LogP contribution in [0.2, 0.25) is 0 Å². The second kappa shape index (κ2) is 5.50. The number of esters is 1. The number of ether oxygens (including phenoxy) is 3. The zero-order valence-electron chi connectivity index (χ0n) is 10.8. The normalized spacial score (nSPS) is 17.7. The standard InChI is InChI=1S/C14H18O4/c1-3-8-14(17-9-10-18-14)12-6-4-11(5-7-12)13(15)16-2/h4-7H,3,8-10H2,1-2H3. The molecule has 0 unspecified atom stereocenters. The molecule has 1 fully saturated rings. The minimum Gasteiger partial charge on any atom is -0.465 e. The fourth-order valence-electron chi connectivity index (χ4n) is 2.22. The van der Waals surface area contributed by atoms with E-state index in [1.54, 1.807) is 12.1 Å². The minimum atomic E-state index is -0.636. The maximum atomic E-state index is 11.4. The van der Waals surface area contributed by atoms with Crippen molar-refractivity contribution < 1.29 is 19.0 Å². The third-order valence-electron chi connectivity index (χ3n) is 3.08. The van der Waals surface area contributed by atoms with Crippen LogP contribution >= 0.6 is 0 Å². The van der Waals surface area contributed by atoms with Gasteiger partial charge in [-0.2, -0.15) is 0 Å². The van der Waals surface area contributed by atoms with Gasteiger partial charge in [-0.15, -0.1) is 0 Å². The first kappa shape index (κ1) is 13.1. The van der Waals surface area contributed by atoms with E-state index in [9.17, 15) is 4.79 Å². The molecule has 1 aliphatic rings. The lowest BCUT2D eigenvalue weighted by Gasteiger charge is -2.27. The van der Waals surface area contributed by atoms with Crippen molar-refractivity contribution in [2.45, 2.75) is 25.6 Å². The summed E-state index contributed by atoms with van der Waals surface area (Å²) in [5.74, 6) is -0.969. The fraction of sp³-hybridized carbons (Fsp3) is 0.500. The summed E-state index contributed by atoms with van der Waals surface area (Å²) in [6.45, 7) is 3.31. The Morgan fingerprint density at radius 3 is 2.39 bits per heavy atom. The SMILES string of the molecule is CCCC1(c2ccc(C(=O)OC)cc2)OCCO1. The van der Waals surface area contributed by atoms with Crippen molar-refractivity contribution in [3.8, 4) is 0 Å². The van der Waals surface area contributed by atoms with Crippen LogP contribution in [0.25, 0.3) is 0 Å². The third kappa shape index (κ3) is 2.40. The Kier molecular flexibility index (Phi) is 3.99. The highest BCUT2D eigenvalue weighted by Crippen LogP contribution is 2.35. The van der Waals surface area contributed by atoms with Gasteiger partial charge in [0.2, 0.25) is 0 Å². The molecule has 0 atom stereocenters. The largest absolute Gasteiger partial charge is 0.465 e. The van der Waals surface area contributed by atoms with Crippen LogP contribution in [0.1, 0.15) is 35.7 Å². The molecule has 0 aliphatic carbocycles. The van der Waals surface area contributed by atoms with E-state index in [0.717, 1.165) is 18.4 Å². The monoisotopic (exact) mass is 250 g/mol. The number of rotatable bonds is 4. The van der Waals surface area contributed by atoms with Gasteiger partial charge in [-0.25, -0.2) is 4.79 Å². The Balaban J connectivity index is 2.24. The van der Waals surface area contributed by atoms with Crippen LogP contribution in [0, 0.1) is 0 Å². The number of hydrogen-bond acceptors (Lipinski definition) is 4. The second-order valence-electron chi connectivity index (χ2n) is 4.27. The fourth-order valence-corrected chi connectivity index (χ4v) is 2.22. The molecular formula is C14H18O4. The van der Waals surface area contributed by atoms with Crippen molar-refractivity contribution in [2.75, 3.05) is 20.3 Å². The molecule has 1 aromatic rings. The molecule has 98 valence electrons. The van der Waals surface area contributed by atoms with Gasteiger partial charge in [-0.05, 0) is 12.1 Å². The van der Waals surface area contributed by atoms with Crippen LogP contribution in [0.5, 0.6) is 0 Å². The van der Waals surface area contributed by atoms with Gasteiger partial charge in [0.25, 0.3) is 0 Å². The highest BCUT2D eigenvalue weighted by atomic mass is 16.7.